The molecule has 0 aromatic heterocycles. The van der Waals surface area contributed by atoms with Crippen molar-refractivity contribution in [3.05, 3.63) is 35.4 Å². The molecule has 23 heavy (non-hydrogen) atoms. The molecule has 2 aliphatic rings. The molecule has 1 saturated carbocycles. The van der Waals surface area contributed by atoms with Crippen LogP contribution >= 0.6 is 0 Å². The maximum absolute atomic E-state index is 12.7. The Hall–Kier alpha value is -2.05. The first-order valence-electron chi connectivity index (χ1n) is 7.38. The van der Waals surface area contributed by atoms with Crippen molar-refractivity contribution in [2.24, 2.45) is 11.8 Å². The third-order valence-corrected chi connectivity index (χ3v) is 4.57. The third-order valence-electron chi connectivity index (χ3n) is 4.57. The van der Waals surface area contributed by atoms with E-state index in [-0.39, 0.29) is 6.61 Å². The Morgan fingerprint density at radius 3 is 2.48 bits per heavy atom. The molecule has 1 heterocycles. The van der Waals surface area contributed by atoms with Crippen LogP contribution in [0.1, 0.15) is 30.9 Å². The van der Waals surface area contributed by atoms with Gasteiger partial charge in [0.25, 0.3) is 0 Å². The summed E-state index contributed by atoms with van der Waals surface area (Å²) in [4.78, 5) is 23.8. The van der Waals surface area contributed by atoms with Crippen molar-refractivity contribution in [3.63, 3.8) is 0 Å². The minimum absolute atomic E-state index is 0.192. The summed E-state index contributed by atoms with van der Waals surface area (Å²) in [6.07, 6.45) is -3.57. The van der Waals surface area contributed by atoms with E-state index in [9.17, 15) is 22.8 Å². The summed E-state index contributed by atoms with van der Waals surface area (Å²) in [7, 11) is 0. The Labute approximate surface area is 130 Å². The molecule has 0 amide bonds. The van der Waals surface area contributed by atoms with Crippen molar-refractivity contribution in [2.45, 2.75) is 31.5 Å². The van der Waals surface area contributed by atoms with E-state index in [0.717, 1.165) is 12.1 Å². The highest BCUT2D eigenvalue weighted by atomic mass is 19.4. The van der Waals surface area contributed by atoms with E-state index < -0.39 is 41.1 Å². The van der Waals surface area contributed by atoms with Crippen molar-refractivity contribution in [2.75, 3.05) is 6.61 Å². The SMILES string of the molecule is CCOC(=O)[C@@H]1CC[C@H]2C(=O)O[C@@]12c1ccc(C(F)(F)F)cc1. The van der Waals surface area contributed by atoms with Gasteiger partial charge in [-0.25, -0.2) is 0 Å². The van der Waals surface area contributed by atoms with Crippen molar-refractivity contribution in [1.82, 2.24) is 0 Å². The van der Waals surface area contributed by atoms with Crippen LogP contribution in [-0.4, -0.2) is 18.5 Å². The summed E-state index contributed by atoms with van der Waals surface area (Å²) in [5.41, 5.74) is -1.57. The van der Waals surface area contributed by atoms with Crippen LogP contribution in [0.15, 0.2) is 24.3 Å². The van der Waals surface area contributed by atoms with Gasteiger partial charge in [0.15, 0.2) is 5.60 Å². The van der Waals surface area contributed by atoms with E-state index in [0.29, 0.717) is 18.4 Å². The fourth-order valence-corrected chi connectivity index (χ4v) is 3.54. The van der Waals surface area contributed by atoms with Crippen molar-refractivity contribution < 1.29 is 32.2 Å². The predicted octanol–water partition coefficient (Wildman–Crippen LogP) is 3.05. The standard InChI is InChI=1S/C16H15F3O4/c1-2-22-13(20)11-7-8-12-14(21)23-15(11,12)9-3-5-10(6-4-9)16(17,18)19/h3-6,11-12H,2,7-8H2,1H3/t11-,12-,15-/m0/s1. The topological polar surface area (TPSA) is 52.6 Å². The Kier molecular flexibility index (Phi) is 3.61. The van der Waals surface area contributed by atoms with Crippen LogP contribution in [0.3, 0.4) is 0 Å². The number of hydrogen-bond donors (Lipinski definition) is 0. The normalized spacial score (nSPS) is 29.5. The van der Waals surface area contributed by atoms with Gasteiger partial charge in [-0.05, 0) is 37.5 Å². The highest BCUT2D eigenvalue weighted by Gasteiger charge is 2.68. The lowest BCUT2D eigenvalue weighted by molar-refractivity contribution is -0.222. The number of rotatable bonds is 3. The van der Waals surface area contributed by atoms with Gasteiger partial charge >= 0.3 is 18.1 Å². The average molecular weight is 328 g/mol. The van der Waals surface area contributed by atoms with Crippen LogP contribution in [0, 0.1) is 11.8 Å². The maximum atomic E-state index is 12.7. The molecule has 0 N–H and O–H groups in total. The summed E-state index contributed by atoms with van der Waals surface area (Å²) < 4.78 is 48.4. The molecule has 0 spiro atoms. The molecule has 1 saturated heterocycles. The summed E-state index contributed by atoms with van der Waals surface area (Å²) >= 11 is 0. The van der Waals surface area contributed by atoms with E-state index >= 15 is 0 Å². The summed E-state index contributed by atoms with van der Waals surface area (Å²) in [5, 5.41) is 0. The van der Waals surface area contributed by atoms with Crippen LogP contribution in [-0.2, 0) is 30.8 Å². The summed E-state index contributed by atoms with van der Waals surface area (Å²) in [6.45, 7) is 1.86. The second-order valence-electron chi connectivity index (χ2n) is 5.72. The highest BCUT2D eigenvalue weighted by molar-refractivity contribution is 5.87. The van der Waals surface area contributed by atoms with E-state index in [2.05, 4.69) is 0 Å². The molecular weight excluding hydrogens is 313 g/mol. The Morgan fingerprint density at radius 2 is 1.96 bits per heavy atom. The van der Waals surface area contributed by atoms with Crippen LogP contribution in [0.5, 0.6) is 0 Å². The lowest BCUT2D eigenvalue weighted by Gasteiger charge is -2.46. The number of esters is 2. The molecule has 0 unspecified atom stereocenters. The molecule has 1 aromatic rings. The number of carbonyl (C=O) groups excluding carboxylic acids is 2. The average Bonchev–Trinajstić information content (AvgIpc) is 2.80. The number of carbonyl (C=O) groups is 2. The minimum atomic E-state index is -4.44. The zero-order chi connectivity index (χ0) is 16.8. The molecular formula is C16H15F3O4. The summed E-state index contributed by atoms with van der Waals surface area (Å²) in [6, 6.07) is 4.43. The minimum Gasteiger partial charge on any atom is -0.466 e. The quantitative estimate of drug-likeness (QED) is 0.800. The van der Waals surface area contributed by atoms with Gasteiger partial charge in [0, 0.05) is 0 Å². The van der Waals surface area contributed by atoms with Gasteiger partial charge in [-0.2, -0.15) is 13.2 Å². The van der Waals surface area contributed by atoms with Crippen LogP contribution in [0.2, 0.25) is 0 Å². The largest absolute Gasteiger partial charge is 0.466 e. The number of benzene rings is 1. The smallest absolute Gasteiger partial charge is 0.416 e. The van der Waals surface area contributed by atoms with Gasteiger partial charge in [0.05, 0.1) is 12.2 Å². The first kappa shape index (κ1) is 15.8. The van der Waals surface area contributed by atoms with E-state index in [1.165, 1.54) is 12.1 Å². The lowest BCUT2D eigenvalue weighted by atomic mass is 9.73. The molecule has 0 radical (unpaired) electrons. The van der Waals surface area contributed by atoms with Crippen LogP contribution < -0.4 is 0 Å². The lowest BCUT2D eigenvalue weighted by Crippen LogP contribution is -2.56. The number of alkyl halides is 3. The zero-order valence-corrected chi connectivity index (χ0v) is 12.4. The number of hydrogen-bond acceptors (Lipinski definition) is 4. The molecule has 1 aliphatic carbocycles. The third kappa shape index (κ3) is 2.29. The molecule has 3 rings (SSSR count). The second kappa shape index (κ2) is 5.25. The maximum Gasteiger partial charge on any atom is 0.416 e. The molecule has 124 valence electrons. The monoisotopic (exact) mass is 328 g/mol. The molecule has 0 bridgehead atoms. The Morgan fingerprint density at radius 1 is 1.30 bits per heavy atom. The van der Waals surface area contributed by atoms with Crippen LogP contribution in [0.25, 0.3) is 0 Å². The van der Waals surface area contributed by atoms with E-state index in [1.54, 1.807) is 6.92 Å². The first-order valence-corrected chi connectivity index (χ1v) is 7.38. The fraction of sp³-hybridized carbons (Fsp3) is 0.500. The van der Waals surface area contributed by atoms with E-state index in [1.807, 2.05) is 0 Å². The predicted molar refractivity (Wildman–Crippen MR) is 72.1 cm³/mol. The number of ether oxygens (including phenoxy) is 2. The highest BCUT2D eigenvalue weighted by Crippen LogP contribution is 2.58. The first-order chi connectivity index (χ1) is 10.8. The van der Waals surface area contributed by atoms with Gasteiger partial charge in [-0.15, -0.1) is 0 Å². The second-order valence-corrected chi connectivity index (χ2v) is 5.72. The molecule has 1 aromatic carbocycles. The van der Waals surface area contributed by atoms with Crippen LogP contribution in [0.4, 0.5) is 13.2 Å². The molecule has 7 heteroatoms. The van der Waals surface area contributed by atoms with E-state index in [4.69, 9.17) is 9.47 Å². The van der Waals surface area contributed by atoms with Gasteiger partial charge in [-0.1, -0.05) is 12.1 Å². The van der Waals surface area contributed by atoms with Crippen molar-refractivity contribution in [1.29, 1.82) is 0 Å². The fourth-order valence-electron chi connectivity index (χ4n) is 3.54. The van der Waals surface area contributed by atoms with Gasteiger partial charge in [0.2, 0.25) is 0 Å². The van der Waals surface area contributed by atoms with Gasteiger partial charge < -0.3 is 9.47 Å². The zero-order valence-electron chi connectivity index (χ0n) is 12.4. The number of fused-ring (bicyclic) bond motifs is 1. The van der Waals surface area contributed by atoms with Crippen molar-refractivity contribution in [3.8, 4) is 0 Å². The molecule has 3 atom stereocenters. The molecule has 2 fully saturated rings. The Balaban J connectivity index is 1.97. The number of halogens is 3. The van der Waals surface area contributed by atoms with Gasteiger partial charge in [-0.3, -0.25) is 9.59 Å². The summed E-state index contributed by atoms with van der Waals surface area (Å²) in [5.74, 6) is -2.09. The Bertz CT molecular complexity index is 638. The van der Waals surface area contributed by atoms with Crippen molar-refractivity contribution >= 4 is 11.9 Å². The molecule has 4 nitrogen and oxygen atoms in total. The molecule has 1 aliphatic heterocycles. The van der Waals surface area contributed by atoms with Gasteiger partial charge in [0.1, 0.15) is 11.8 Å².